The van der Waals surface area contributed by atoms with Crippen molar-refractivity contribution >= 4 is 5.96 Å². The number of hydrogen-bond acceptors (Lipinski definition) is 3. The molecule has 1 heterocycles. The summed E-state index contributed by atoms with van der Waals surface area (Å²) in [5.74, 6) is 0.444. The lowest BCUT2D eigenvalue weighted by Crippen LogP contribution is -2.45. The summed E-state index contributed by atoms with van der Waals surface area (Å²) in [7, 11) is 0. The number of nitrogens with one attached hydrogen (secondary N) is 1. The van der Waals surface area contributed by atoms with Crippen molar-refractivity contribution in [2.24, 2.45) is 10.7 Å². The maximum atomic E-state index is 12.4. The Morgan fingerprint density at radius 3 is 2.72 bits per heavy atom. The quantitative estimate of drug-likeness (QED) is 0.637. The summed E-state index contributed by atoms with van der Waals surface area (Å²) >= 11 is 0. The smallest absolute Gasteiger partial charge is 0.280 e. The second-order valence-corrected chi connectivity index (χ2v) is 4.77. The molecular formula is C11H17F2N5. The first-order valence-electron chi connectivity index (χ1n) is 5.46. The van der Waals surface area contributed by atoms with Crippen LogP contribution < -0.4 is 11.1 Å². The molecule has 1 aromatic rings. The maximum Gasteiger partial charge on any atom is 0.280 e. The number of hydrogen-bond donors (Lipinski definition) is 2. The number of alkyl halides is 2. The zero-order valence-electron chi connectivity index (χ0n) is 10.6. The fourth-order valence-electron chi connectivity index (χ4n) is 1.19. The zero-order valence-corrected chi connectivity index (χ0v) is 10.6. The Kier molecular flexibility index (Phi) is 4.52. The van der Waals surface area contributed by atoms with Crippen molar-refractivity contribution in [3.05, 3.63) is 23.8 Å². The molecule has 0 saturated heterocycles. The lowest BCUT2D eigenvalue weighted by molar-refractivity contribution is 0.145. The van der Waals surface area contributed by atoms with Crippen LogP contribution in [0.5, 0.6) is 0 Å². The number of halogens is 2. The predicted octanol–water partition coefficient (Wildman–Crippen LogP) is 1.62. The van der Waals surface area contributed by atoms with Crippen LogP contribution in [-0.2, 0) is 6.54 Å². The van der Waals surface area contributed by atoms with E-state index in [9.17, 15) is 8.78 Å². The normalized spacial score (nSPS) is 12.9. The summed E-state index contributed by atoms with van der Waals surface area (Å²) in [6.07, 6.45) is -1.33. The van der Waals surface area contributed by atoms with Crippen molar-refractivity contribution < 1.29 is 8.78 Å². The molecule has 0 aliphatic heterocycles. The number of aromatic nitrogens is 2. The molecule has 0 unspecified atom stereocenters. The van der Waals surface area contributed by atoms with Gasteiger partial charge in [0, 0.05) is 11.7 Å². The Labute approximate surface area is 105 Å². The van der Waals surface area contributed by atoms with Gasteiger partial charge < -0.3 is 11.1 Å². The van der Waals surface area contributed by atoms with Crippen LogP contribution in [-0.4, -0.2) is 21.5 Å². The number of nitrogens with zero attached hydrogens (tertiary/aromatic N) is 3. The van der Waals surface area contributed by atoms with E-state index in [0.29, 0.717) is 0 Å². The molecule has 0 amide bonds. The SMILES string of the molecule is CC(C)(C)NC(N)=NCc1nccc(C(F)F)n1. The van der Waals surface area contributed by atoms with Crippen LogP contribution in [0.15, 0.2) is 17.3 Å². The van der Waals surface area contributed by atoms with Crippen LogP contribution in [0.3, 0.4) is 0 Å². The standard InChI is InChI=1S/C11H17F2N5/c1-11(2,3)18-10(14)16-6-8-15-5-4-7(17-8)9(12)13/h4-5,9H,6H2,1-3H3,(H3,14,16,18). The average molecular weight is 257 g/mol. The van der Waals surface area contributed by atoms with E-state index in [2.05, 4.69) is 20.3 Å². The van der Waals surface area contributed by atoms with Gasteiger partial charge in [0.05, 0.1) is 0 Å². The van der Waals surface area contributed by atoms with E-state index in [4.69, 9.17) is 5.73 Å². The summed E-state index contributed by atoms with van der Waals surface area (Å²) in [5.41, 5.74) is 5.12. The second-order valence-electron chi connectivity index (χ2n) is 4.77. The van der Waals surface area contributed by atoms with E-state index < -0.39 is 6.43 Å². The van der Waals surface area contributed by atoms with Gasteiger partial charge >= 0.3 is 0 Å². The zero-order chi connectivity index (χ0) is 13.8. The first-order valence-corrected chi connectivity index (χ1v) is 5.46. The van der Waals surface area contributed by atoms with Crippen LogP contribution >= 0.6 is 0 Å². The third-order valence-corrected chi connectivity index (χ3v) is 1.84. The molecule has 0 aliphatic carbocycles. The van der Waals surface area contributed by atoms with Gasteiger partial charge in [-0.05, 0) is 26.8 Å². The molecule has 0 fully saturated rings. The first-order chi connectivity index (χ1) is 8.28. The van der Waals surface area contributed by atoms with Gasteiger partial charge in [0.2, 0.25) is 0 Å². The fraction of sp³-hybridized carbons (Fsp3) is 0.545. The van der Waals surface area contributed by atoms with Crippen LogP contribution in [0.1, 0.15) is 38.7 Å². The minimum Gasteiger partial charge on any atom is -0.370 e. The Morgan fingerprint density at radius 2 is 2.17 bits per heavy atom. The molecule has 0 atom stereocenters. The summed E-state index contributed by atoms with van der Waals surface area (Å²) in [5, 5.41) is 2.95. The van der Waals surface area contributed by atoms with Gasteiger partial charge in [-0.3, -0.25) is 0 Å². The summed E-state index contributed by atoms with van der Waals surface area (Å²) in [6.45, 7) is 5.87. The molecule has 1 rings (SSSR count). The monoisotopic (exact) mass is 257 g/mol. The molecule has 0 saturated carbocycles. The molecular weight excluding hydrogens is 240 g/mol. The van der Waals surface area contributed by atoms with E-state index in [1.54, 1.807) is 0 Å². The number of rotatable bonds is 3. The maximum absolute atomic E-state index is 12.4. The first kappa shape index (κ1) is 14.3. The minimum absolute atomic E-state index is 0.0650. The molecule has 0 bridgehead atoms. The highest BCUT2D eigenvalue weighted by Gasteiger charge is 2.11. The van der Waals surface area contributed by atoms with Gasteiger partial charge in [-0.2, -0.15) is 0 Å². The molecule has 7 heteroatoms. The van der Waals surface area contributed by atoms with Crippen molar-refractivity contribution in [2.45, 2.75) is 39.3 Å². The van der Waals surface area contributed by atoms with Gasteiger partial charge in [0.25, 0.3) is 6.43 Å². The van der Waals surface area contributed by atoms with Gasteiger partial charge in [0.15, 0.2) is 5.96 Å². The van der Waals surface area contributed by atoms with Crippen molar-refractivity contribution in [1.82, 2.24) is 15.3 Å². The third kappa shape index (κ3) is 5.03. The highest BCUT2D eigenvalue weighted by molar-refractivity contribution is 5.78. The second kappa shape index (κ2) is 5.70. The minimum atomic E-state index is -2.61. The van der Waals surface area contributed by atoms with Crippen LogP contribution in [0.4, 0.5) is 8.78 Å². The van der Waals surface area contributed by atoms with E-state index >= 15 is 0 Å². The number of nitrogens with two attached hydrogens (primary N) is 1. The summed E-state index contributed by atoms with van der Waals surface area (Å²) < 4.78 is 24.8. The highest BCUT2D eigenvalue weighted by Crippen LogP contribution is 2.15. The van der Waals surface area contributed by atoms with E-state index in [0.717, 1.165) is 0 Å². The van der Waals surface area contributed by atoms with Crippen molar-refractivity contribution in [1.29, 1.82) is 0 Å². The van der Waals surface area contributed by atoms with E-state index in [-0.39, 0.29) is 29.6 Å². The highest BCUT2D eigenvalue weighted by atomic mass is 19.3. The van der Waals surface area contributed by atoms with Crippen LogP contribution in [0.2, 0.25) is 0 Å². The number of aliphatic imine (C=N–C) groups is 1. The van der Waals surface area contributed by atoms with Gasteiger partial charge in [-0.1, -0.05) is 0 Å². The Hall–Kier alpha value is -1.79. The molecule has 5 nitrogen and oxygen atoms in total. The van der Waals surface area contributed by atoms with Crippen LogP contribution in [0.25, 0.3) is 0 Å². The Bertz CT molecular complexity index is 426. The molecule has 1 aromatic heterocycles. The van der Waals surface area contributed by atoms with E-state index in [1.807, 2.05) is 20.8 Å². The molecule has 0 spiro atoms. The molecule has 0 aromatic carbocycles. The molecule has 0 radical (unpaired) electrons. The van der Waals surface area contributed by atoms with Crippen molar-refractivity contribution in [3.8, 4) is 0 Å². The number of guanidine groups is 1. The van der Waals surface area contributed by atoms with E-state index in [1.165, 1.54) is 12.3 Å². The van der Waals surface area contributed by atoms with Crippen molar-refractivity contribution in [2.75, 3.05) is 0 Å². The topological polar surface area (TPSA) is 76.2 Å². The molecule has 3 N–H and O–H groups in total. The summed E-state index contributed by atoms with van der Waals surface area (Å²) in [4.78, 5) is 11.5. The van der Waals surface area contributed by atoms with Gasteiger partial charge in [-0.15, -0.1) is 0 Å². The lowest BCUT2D eigenvalue weighted by Gasteiger charge is -2.20. The molecule has 18 heavy (non-hydrogen) atoms. The molecule has 0 aliphatic rings. The Balaban J connectivity index is 2.68. The fourth-order valence-corrected chi connectivity index (χ4v) is 1.19. The lowest BCUT2D eigenvalue weighted by atomic mass is 10.1. The summed E-state index contributed by atoms with van der Waals surface area (Å²) in [6, 6.07) is 1.18. The largest absolute Gasteiger partial charge is 0.370 e. The third-order valence-electron chi connectivity index (χ3n) is 1.84. The van der Waals surface area contributed by atoms with Gasteiger partial charge in [-0.25, -0.2) is 23.7 Å². The van der Waals surface area contributed by atoms with Crippen molar-refractivity contribution in [3.63, 3.8) is 0 Å². The molecule has 100 valence electrons. The Morgan fingerprint density at radius 1 is 1.50 bits per heavy atom. The average Bonchev–Trinajstić information content (AvgIpc) is 2.24. The van der Waals surface area contributed by atoms with Crippen LogP contribution in [0, 0.1) is 0 Å². The predicted molar refractivity (Wildman–Crippen MR) is 65.2 cm³/mol. The van der Waals surface area contributed by atoms with Gasteiger partial charge in [0.1, 0.15) is 18.1 Å².